The van der Waals surface area contributed by atoms with Crippen LogP contribution < -0.4 is 0 Å². The monoisotopic (exact) mass is 243 g/mol. The summed E-state index contributed by atoms with van der Waals surface area (Å²) in [5, 5.41) is 9.82. The maximum Gasteiger partial charge on any atom is 0.307 e. The number of ether oxygens (including phenoxy) is 1. The summed E-state index contributed by atoms with van der Waals surface area (Å²) >= 11 is 0. The zero-order valence-corrected chi connectivity index (χ0v) is 11.6. The number of hydrogen-bond acceptors (Lipinski definition) is 4. The van der Waals surface area contributed by atoms with Crippen molar-refractivity contribution in [3.8, 4) is 0 Å². The molecule has 100 valence electrons. The Hall–Kier alpha value is -0.610. The van der Waals surface area contributed by atoms with Crippen molar-refractivity contribution in [2.45, 2.75) is 52.7 Å². The minimum absolute atomic E-state index is 0.0755. The fourth-order valence-corrected chi connectivity index (χ4v) is 2.05. The maximum atomic E-state index is 11.5. The lowest BCUT2D eigenvalue weighted by Crippen LogP contribution is -2.29. The zero-order chi connectivity index (χ0) is 13.3. The molecule has 1 rings (SSSR count). The van der Waals surface area contributed by atoms with Crippen molar-refractivity contribution in [3.05, 3.63) is 0 Å². The molecule has 0 aromatic carbocycles. The number of carbonyl (C=O) groups excluding carboxylic acids is 1. The summed E-state index contributed by atoms with van der Waals surface area (Å²) < 4.78 is 5.25. The number of rotatable bonds is 3. The van der Waals surface area contributed by atoms with Gasteiger partial charge in [-0.2, -0.15) is 0 Å². The van der Waals surface area contributed by atoms with E-state index in [9.17, 15) is 9.90 Å². The van der Waals surface area contributed by atoms with Crippen LogP contribution >= 0.6 is 0 Å². The Morgan fingerprint density at radius 1 is 1.47 bits per heavy atom. The first kappa shape index (κ1) is 14.5. The average molecular weight is 243 g/mol. The predicted octanol–water partition coefficient (Wildman–Crippen LogP) is 1.42. The molecule has 0 aromatic heterocycles. The van der Waals surface area contributed by atoms with Gasteiger partial charge in [-0.1, -0.05) is 13.8 Å². The van der Waals surface area contributed by atoms with E-state index in [1.165, 1.54) is 0 Å². The van der Waals surface area contributed by atoms with E-state index < -0.39 is 5.60 Å². The van der Waals surface area contributed by atoms with Crippen LogP contribution in [0.25, 0.3) is 0 Å². The summed E-state index contributed by atoms with van der Waals surface area (Å²) in [5.74, 6) is -0.170. The van der Waals surface area contributed by atoms with Gasteiger partial charge >= 0.3 is 5.97 Å². The molecule has 0 aromatic rings. The van der Waals surface area contributed by atoms with E-state index in [2.05, 4.69) is 4.90 Å². The first-order valence-electron chi connectivity index (χ1n) is 6.22. The molecule has 0 radical (unpaired) electrons. The number of nitrogens with zero attached hydrogens (tertiary/aromatic N) is 1. The quantitative estimate of drug-likeness (QED) is 0.762. The van der Waals surface area contributed by atoms with Gasteiger partial charge in [-0.3, -0.25) is 9.69 Å². The van der Waals surface area contributed by atoms with Crippen LogP contribution in [0.1, 0.15) is 41.0 Å². The van der Waals surface area contributed by atoms with Crippen molar-refractivity contribution < 1.29 is 14.6 Å². The number of aliphatic hydroxyl groups excluding tert-OH is 1. The molecule has 0 saturated carbocycles. The maximum absolute atomic E-state index is 11.5. The second-order valence-electron chi connectivity index (χ2n) is 6.58. The van der Waals surface area contributed by atoms with E-state index in [4.69, 9.17) is 4.74 Å². The van der Waals surface area contributed by atoms with Crippen LogP contribution in [0, 0.1) is 5.41 Å². The van der Waals surface area contributed by atoms with Crippen LogP contribution in [0.2, 0.25) is 0 Å². The first-order chi connectivity index (χ1) is 7.60. The molecule has 0 amide bonds. The van der Waals surface area contributed by atoms with Gasteiger partial charge in [0.05, 0.1) is 12.5 Å². The molecule has 1 heterocycles. The second kappa shape index (κ2) is 4.94. The van der Waals surface area contributed by atoms with Crippen LogP contribution in [0.4, 0.5) is 0 Å². The van der Waals surface area contributed by atoms with E-state index in [-0.39, 0.29) is 17.5 Å². The Balaban J connectivity index is 2.31. The first-order valence-corrected chi connectivity index (χ1v) is 6.22. The molecule has 1 atom stereocenters. The molecule has 4 heteroatoms. The number of esters is 1. The molecule has 1 fully saturated rings. The number of aliphatic hydroxyl groups is 1. The smallest absolute Gasteiger partial charge is 0.307 e. The van der Waals surface area contributed by atoms with Crippen molar-refractivity contribution in [2.24, 2.45) is 5.41 Å². The molecule has 0 bridgehead atoms. The van der Waals surface area contributed by atoms with Gasteiger partial charge in [0, 0.05) is 25.0 Å². The molecule has 1 aliphatic rings. The molecule has 17 heavy (non-hydrogen) atoms. The van der Waals surface area contributed by atoms with Crippen molar-refractivity contribution in [1.29, 1.82) is 0 Å². The summed E-state index contributed by atoms with van der Waals surface area (Å²) in [5.41, 5.74) is -0.491. The summed E-state index contributed by atoms with van der Waals surface area (Å²) in [4.78, 5) is 13.7. The van der Waals surface area contributed by atoms with Gasteiger partial charge in [0.1, 0.15) is 5.60 Å². The molecule has 0 spiro atoms. The summed E-state index contributed by atoms with van der Waals surface area (Å²) in [6.07, 6.45) is 0.0845. The van der Waals surface area contributed by atoms with Gasteiger partial charge in [0.15, 0.2) is 0 Å². The second-order valence-corrected chi connectivity index (χ2v) is 6.58. The van der Waals surface area contributed by atoms with E-state index in [1.54, 1.807) is 0 Å². The Kier molecular flexibility index (Phi) is 4.20. The largest absolute Gasteiger partial charge is 0.460 e. The topological polar surface area (TPSA) is 49.8 Å². The Morgan fingerprint density at radius 2 is 2.06 bits per heavy atom. The Labute approximate surface area is 104 Å². The number of hydrogen-bond donors (Lipinski definition) is 1. The highest BCUT2D eigenvalue weighted by Gasteiger charge is 2.37. The third-order valence-electron chi connectivity index (χ3n) is 3.02. The average Bonchev–Trinajstić information content (AvgIpc) is 2.35. The lowest BCUT2D eigenvalue weighted by Gasteiger charge is -2.22. The molecular formula is C13H25NO3. The summed E-state index contributed by atoms with van der Waals surface area (Å²) in [6, 6.07) is 0. The third-order valence-corrected chi connectivity index (χ3v) is 3.02. The predicted molar refractivity (Wildman–Crippen MR) is 66.7 cm³/mol. The lowest BCUT2D eigenvalue weighted by atomic mass is 9.90. The van der Waals surface area contributed by atoms with Crippen molar-refractivity contribution >= 4 is 5.97 Å². The van der Waals surface area contributed by atoms with Gasteiger partial charge < -0.3 is 9.84 Å². The fraction of sp³-hybridized carbons (Fsp3) is 0.923. The van der Waals surface area contributed by atoms with E-state index in [0.29, 0.717) is 19.5 Å². The Bertz CT molecular complexity index is 281. The Morgan fingerprint density at radius 3 is 2.47 bits per heavy atom. The number of carbonyl (C=O) groups is 1. The zero-order valence-electron chi connectivity index (χ0n) is 11.6. The normalized spacial score (nSPS) is 24.9. The van der Waals surface area contributed by atoms with Gasteiger partial charge in [0.2, 0.25) is 0 Å². The molecule has 1 saturated heterocycles. The van der Waals surface area contributed by atoms with Crippen LogP contribution in [0.3, 0.4) is 0 Å². The van der Waals surface area contributed by atoms with Gasteiger partial charge in [0.25, 0.3) is 0 Å². The summed E-state index contributed by atoms with van der Waals surface area (Å²) in [7, 11) is 0. The molecule has 0 aliphatic carbocycles. The minimum atomic E-state index is -0.416. The van der Waals surface area contributed by atoms with Gasteiger partial charge in [-0.05, 0) is 20.8 Å². The number of likely N-dealkylation sites (tertiary alicyclic amines) is 1. The highest BCUT2D eigenvalue weighted by atomic mass is 16.6. The van der Waals surface area contributed by atoms with Crippen molar-refractivity contribution in [3.63, 3.8) is 0 Å². The van der Waals surface area contributed by atoms with Gasteiger partial charge in [-0.15, -0.1) is 0 Å². The fourth-order valence-electron chi connectivity index (χ4n) is 2.05. The standard InChI is InChI=1S/C13H25NO3/c1-12(2,3)17-11(16)6-7-14-8-10(15)13(4,5)9-14/h10,15H,6-9H2,1-5H3/t10-/m0/s1. The lowest BCUT2D eigenvalue weighted by molar-refractivity contribution is -0.155. The van der Waals surface area contributed by atoms with E-state index >= 15 is 0 Å². The minimum Gasteiger partial charge on any atom is -0.460 e. The molecular weight excluding hydrogens is 218 g/mol. The van der Waals surface area contributed by atoms with Crippen LogP contribution in [0.5, 0.6) is 0 Å². The van der Waals surface area contributed by atoms with Crippen LogP contribution in [-0.2, 0) is 9.53 Å². The number of β-amino-alcohol motifs (C(OH)–C–C–N with tert-alkyl or cyclic N) is 1. The van der Waals surface area contributed by atoms with Crippen molar-refractivity contribution in [1.82, 2.24) is 4.90 Å². The van der Waals surface area contributed by atoms with E-state index in [0.717, 1.165) is 6.54 Å². The third kappa shape index (κ3) is 4.64. The summed E-state index contributed by atoms with van der Waals surface area (Å²) in [6.45, 7) is 11.8. The molecule has 1 N–H and O–H groups in total. The van der Waals surface area contributed by atoms with Gasteiger partial charge in [-0.25, -0.2) is 0 Å². The molecule has 1 aliphatic heterocycles. The molecule has 4 nitrogen and oxygen atoms in total. The van der Waals surface area contributed by atoms with E-state index in [1.807, 2.05) is 34.6 Å². The SMILES string of the molecule is CC(C)(C)OC(=O)CCN1C[C@H](O)C(C)(C)C1. The highest BCUT2D eigenvalue weighted by molar-refractivity contribution is 5.70. The van der Waals surface area contributed by atoms with Crippen LogP contribution in [-0.4, -0.2) is 47.3 Å². The highest BCUT2D eigenvalue weighted by Crippen LogP contribution is 2.29. The van der Waals surface area contributed by atoms with Crippen LogP contribution in [0.15, 0.2) is 0 Å². The van der Waals surface area contributed by atoms with Crippen molar-refractivity contribution in [2.75, 3.05) is 19.6 Å². The molecule has 0 unspecified atom stereocenters.